The van der Waals surface area contributed by atoms with E-state index in [0.29, 0.717) is 23.3 Å². The van der Waals surface area contributed by atoms with E-state index in [2.05, 4.69) is 13.0 Å². The van der Waals surface area contributed by atoms with Crippen LogP contribution in [0.5, 0.6) is 5.75 Å². The molecule has 2 rings (SSSR count). The molecular weight excluding hydrogens is 264 g/mol. The fourth-order valence-electron chi connectivity index (χ4n) is 2.98. The van der Waals surface area contributed by atoms with Crippen LogP contribution in [0.4, 0.5) is 0 Å². The Morgan fingerprint density at radius 3 is 2.81 bits per heavy atom. The zero-order chi connectivity index (χ0) is 15.2. The van der Waals surface area contributed by atoms with Gasteiger partial charge in [0.1, 0.15) is 11.8 Å². The monoisotopic (exact) mass is 286 g/mol. The molecule has 1 aliphatic carbocycles. The molecule has 21 heavy (non-hydrogen) atoms. The molecule has 1 saturated carbocycles. The molecule has 0 saturated heterocycles. The highest BCUT2D eigenvalue weighted by molar-refractivity contribution is 5.78. The number of hydrogen-bond acceptors (Lipinski definition) is 3. The highest BCUT2D eigenvalue weighted by Crippen LogP contribution is 2.27. The van der Waals surface area contributed by atoms with Crippen LogP contribution in [0.3, 0.4) is 0 Å². The Morgan fingerprint density at radius 1 is 1.38 bits per heavy atom. The minimum absolute atomic E-state index is 0.0155. The van der Waals surface area contributed by atoms with Gasteiger partial charge in [-0.2, -0.15) is 5.26 Å². The van der Waals surface area contributed by atoms with Crippen molar-refractivity contribution in [3.8, 4) is 11.8 Å². The molecule has 1 amide bonds. The van der Waals surface area contributed by atoms with E-state index in [9.17, 15) is 4.79 Å². The van der Waals surface area contributed by atoms with Crippen molar-refractivity contribution in [3.63, 3.8) is 0 Å². The van der Waals surface area contributed by atoms with E-state index in [1.807, 2.05) is 11.9 Å². The van der Waals surface area contributed by atoms with Crippen LogP contribution < -0.4 is 4.74 Å². The zero-order valence-electron chi connectivity index (χ0n) is 12.7. The number of amides is 1. The number of ether oxygens (including phenoxy) is 1. The fourth-order valence-corrected chi connectivity index (χ4v) is 2.98. The third-order valence-electron chi connectivity index (χ3n) is 4.32. The third-order valence-corrected chi connectivity index (χ3v) is 4.32. The van der Waals surface area contributed by atoms with Crippen molar-refractivity contribution in [2.24, 2.45) is 5.92 Å². The van der Waals surface area contributed by atoms with Crippen molar-refractivity contribution in [2.45, 2.75) is 38.6 Å². The molecule has 2 atom stereocenters. The van der Waals surface area contributed by atoms with Gasteiger partial charge < -0.3 is 9.64 Å². The van der Waals surface area contributed by atoms with Crippen LogP contribution in [0.15, 0.2) is 24.3 Å². The van der Waals surface area contributed by atoms with Crippen LogP contribution in [0.2, 0.25) is 0 Å². The first-order valence-electron chi connectivity index (χ1n) is 7.51. The van der Waals surface area contributed by atoms with Crippen molar-refractivity contribution in [3.05, 3.63) is 29.8 Å². The summed E-state index contributed by atoms with van der Waals surface area (Å²) in [5.41, 5.74) is 0.457. The van der Waals surface area contributed by atoms with Gasteiger partial charge in [0, 0.05) is 13.1 Å². The molecule has 0 N–H and O–H groups in total. The van der Waals surface area contributed by atoms with Crippen molar-refractivity contribution >= 4 is 5.91 Å². The van der Waals surface area contributed by atoms with Gasteiger partial charge in [0.25, 0.3) is 5.91 Å². The molecule has 1 aromatic rings. The molecule has 2 unspecified atom stereocenters. The van der Waals surface area contributed by atoms with E-state index in [1.54, 1.807) is 24.3 Å². The van der Waals surface area contributed by atoms with Gasteiger partial charge in [-0.05, 0) is 30.9 Å². The van der Waals surface area contributed by atoms with Crippen LogP contribution in [0.1, 0.15) is 38.2 Å². The normalized spacial score (nSPS) is 21.4. The van der Waals surface area contributed by atoms with Gasteiger partial charge in [0.05, 0.1) is 5.56 Å². The highest BCUT2D eigenvalue weighted by atomic mass is 16.5. The highest BCUT2D eigenvalue weighted by Gasteiger charge is 2.27. The molecule has 0 heterocycles. The van der Waals surface area contributed by atoms with E-state index in [4.69, 9.17) is 10.00 Å². The number of carbonyl (C=O) groups excluding carboxylic acids is 1. The minimum atomic E-state index is -0.0264. The van der Waals surface area contributed by atoms with Gasteiger partial charge in [-0.25, -0.2) is 0 Å². The van der Waals surface area contributed by atoms with Crippen LogP contribution in [-0.4, -0.2) is 30.5 Å². The second-order valence-corrected chi connectivity index (χ2v) is 5.73. The van der Waals surface area contributed by atoms with Crippen molar-refractivity contribution in [2.75, 3.05) is 13.7 Å². The number of nitrogens with zero attached hydrogens (tertiary/aromatic N) is 2. The maximum Gasteiger partial charge on any atom is 0.260 e. The third kappa shape index (κ3) is 3.75. The summed E-state index contributed by atoms with van der Waals surface area (Å²) in [7, 11) is 1.86. The van der Waals surface area contributed by atoms with E-state index < -0.39 is 0 Å². The Hall–Kier alpha value is -2.02. The van der Waals surface area contributed by atoms with E-state index in [1.165, 1.54) is 19.3 Å². The average molecular weight is 286 g/mol. The first kappa shape index (κ1) is 15.4. The minimum Gasteiger partial charge on any atom is -0.482 e. The van der Waals surface area contributed by atoms with Gasteiger partial charge in [-0.1, -0.05) is 31.9 Å². The van der Waals surface area contributed by atoms with E-state index >= 15 is 0 Å². The van der Waals surface area contributed by atoms with Crippen molar-refractivity contribution < 1.29 is 9.53 Å². The molecule has 0 radical (unpaired) electrons. The maximum absolute atomic E-state index is 12.3. The Kier molecular flexibility index (Phi) is 5.21. The van der Waals surface area contributed by atoms with Gasteiger partial charge >= 0.3 is 0 Å². The number of rotatable bonds is 4. The summed E-state index contributed by atoms with van der Waals surface area (Å²) in [6.45, 7) is 2.19. The molecule has 1 aromatic carbocycles. The summed E-state index contributed by atoms with van der Waals surface area (Å²) >= 11 is 0. The van der Waals surface area contributed by atoms with Crippen LogP contribution in [0.25, 0.3) is 0 Å². The largest absolute Gasteiger partial charge is 0.482 e. The SMILES string of the molecule is CC1CCCCC1N(C)C(=O)COc1ccccc1C#N. The lowest BCUT2D eigenvalue weighted by Gasteiger charge is -2.36. The summed E-state index contributed by atoms with van der Waals surface area (Å²) in [5.74, 6) is 0.985. The first-order chi connectivity index (χ1) is 10.1. The summed E-state index contributed by atoms with van der Waals surface area (Å²) < 4.78 is 5.52. The molecule has 4 nitrogen and oxygen atoms in total. The summed E-state index contributed by atoms with van der Waals surface area (Å²) in [6, 6.07) is 9.36. The number of benzene rings is 1. The molecule has 112 valence electrons. The van der Waals surface area contributed by atoms with Crippen LogP contribution in [0, 0.1) is 17.2 Å². The molecule has 0 bridgehead atoms. The second-order valence-electron chi connectivity index (χ2n) is 5.73. The molecule has 1 aliphatic rings. The summed E-state index contributed by atoms with van der Waals surface area (Å²) in [5, 5.41) is 9.01. The fraction of sp³-hybridized carbons (Fsp3) is 0.529. The van der Waals surface area contributed by atoms with Gasteiger partial charge in [0.2, 0.25) is 0 Å². The standard InChI is InChI=1S/C17H22N2O2/c1-13-7-3-5-9-15(13)19(2)17(20)12-21-16-10-6-4-8-14(16)11-18/h4,6,8,10,13,15H,3,5,7,9,12H2,1-2H3. The molecule has 4 heteroatoms. The lowest BCUT2D eigenvalue weighted by atomic mass is 9.85. The average Bonchev–Trinajstić information content (AvgIpc) is 2.52. The Bertz CT molecular complexity index is 536. The van der Waals surface area contributed by atoms with E-state index in [0.717, 1.165) is 6.42 Å². The van der Waals surface area contributed by atoms with Crippen molar-refractivity contribution in [1.82, 2.24) is 4.90 Å². The Morgan fingerprint density at radius 2 is 2.10 bits per heavy atom. The van der Waals surface area contributed by atoms with Crippen LogP contribution in [-0.2, 0) is 4.79 Å². The topological polar surface area (TPSA) is 53.3 Å². The molecule has 0 aromatic heterocycles. The van der Waals surface area contributed by atoms with Gasteiger partial charge in [-0.3, -0.25) is 4.79 Å². The predicted octanol–water partition coefficient (Wildman–Crippen LogP) is 2.97. The Labute approximate surface area is 126 Å². The van der Waals surface area contributed by atoms with Crippen LogP contribution >= 0.6 is 0 Å². The predicted molar refractivity (Wildman–Crippen MR) is 80.8 cm³/mol. The molecule has 1 fully saturated rings. The second kappa shape index (κ2) is 7.12. The maximum atomic E-state index is 12.3. The zero-order valence-corrected chi connectivity index (χ0v) is 12.7. The quantitative estimate of drug-likeness (QED) is 0.855. The smallest absolute Gasteiger partial charge is 0.260 e. The number of para-hydroxylation sites is 1. The van der Waals surface area contributed by atoms with Gasteiger partial charge in [-0.15, -0.1) is 0 Å². The summed E-state index contributed by atoms with van der Waals surface area (Å²) in [6.07, 6.45) is 4.69. The van der Waals surface area contributed by atoms with E-state index in [-0.39, 0.29) is 12.5 Å². The molecule has 0 aliphatic heterocycles. The molecular formula is C17H22N2O2. The number of likely N-dealkylation sites (N-methyl/N-ethyl adjacent to an activating group) is 1. The van der Waals surface area contributed by atoms with Crippen molar-refractivity contribution in [1.29, 1.82) is 5.26 Å². The van der Waals surface area contributed by atoms with Gasteiger partial charge in [0.15, 0.2) is 6.61 Å². The first-order valence-corrected chi connectivity index (χ1v) is 7.51. The lowest BCUT2D eigenvalue weighted by molar-refractivity contribution is -0.135. The number of carbonyl (C=O) groups is 1. The Balaban J connectivity index is 1.93. The number of hydrogen-bond donors (Lipinski definition) is 0. The molecule has 0 spiro atoms. The summed E-state index contributed by atoms with van der Waals surface area (Å²) in [4.78, 5) is 14.1. The number of nitriles is 1. The lowest BCUT2D eigenvalue weighted by Crippen LogP contribution is -2.44.